The van der Waals surface area contributed by atoms with Crippen LogP contribution in [0, 0.1) is 5.92 Å². The number of aliphatic hydroxyl groups is 1. The Morgan fingerprint density at radius 2 is 1.82 bits per heavy atom. The minimum absolute atomic E-state index is 0.00960. The van der Waals surface area contributed by atoms with Gasteiger partial charge in [0.1, 0.15) is 5.75 Å². The number of aliphatic hydroxyl groups excluding tert-OH is 1. The molecule has 1 unspecified atom stereocenters. The Hall–Kier alpha value is -2.50. The van der Waals surface area contributed by atoms with Crippen LogP contribution in [0.5, 0.6) is 5.75 Å². The Balaban J connectivity index is 2.17. The summed E-state index contributed by atoms with van der Waals surface area (Å²) in [6, 6.07) is 9.99. The highest BCUT2D eigenvalue weighted by Crippen LogP contribution is 2.43. The van der Waals surface area contributed by atoms with Crippen LogP contribution in [0.15, 0.2) is 53.8 Å². The number of phenolic OH excluding ortho intramolecular Hbond substituents is 1. The van der Waals surface area contributed by atoms with E-state index in [-0.39, 0.29) is 34.5 Å². The van der Waals surface area contributed by atoms with Crippen molar-refractivity contribution in [3.63, 3.8) is 0 Å². The van der Waals surface area contributed by atoms with E-state index in [1.165, 1.54) is 29.2 Å². The highest BCUT2D eigenvalue weighted by atomic mass is 35.5. The van der Waals surface area contributed by atoms with Gasteiger partial charge in [-0.15, -0.1) is 0 Å². The highest BCUT2D eigenvalue weighted by Gasteiger charge is 2.44. The van der Waals surface area contributed by atoms with E-state index in [0.717, 1.165) is 0 Å². The summed E-state index contributed by atoms with van der Waals surface area (Å²) in [5, 5.41) is 21.0. The molecular weight excluding hydrogens is 401 g/mol. The standard InChI is InChI=1S/C21H19Cl2NO4/c1-11(2)8-17(26)18-19(12-4-3-5-14(25)9-12)24(21(28)20(18)27)13-6-7-15(22)16(23)10-13/h3-7,9-11,19,25,27H,8H2,1-2H3. The third-order valence-corrected chi connectivity index (χ3v) is 5.21. The fourth-order valence-corrected chi connectivity index (χ4v) is 3.57. The largest absolute Gasteiger partial charge is 0.508 e. The molecule has 1 aliphatic heterocycles. The summed E-state index contributed by atoms with van der Waals surface area (Å²) in [6.45, 7) is 3.76. The van der Waals surface area contributed by atoms with Crippen molar-refractivity contribution in [3.05, 3.63) is 69.4 Å². The Labute approximate surface area is 172 Å². The van der Waals surface area contributed by atoms with Crippen molar-refractivity contribution in [2.75, 3.05) is 4.90 Å². The number of hydrogen-bond donors (Lipinski definition) is 2. The molecule has 2 aromatic rings. The molecule has 28 heavy (non-hydrogen) atoms. The van der Waals surface area contributed by atoms with Crippen LogP contribution in [0.4, 0.5) is 5.69 Å². The van der Waals surface area contributed by atoms with Crippen molar-refractivity contribution in [3.8, 4) is 5.75 Å². The van der Waals surface area contributed by atoms with Gasteiger partial charge >= 0.3 is 0 Å². The summed E-state index contributed by atoms with van der Waals surface area (Å²) in [6.07, 6.45) is 0.178. The van der Waals surface area contributed by atoms with Gasteiger partial charge in [0.15, 0.2) is 11.5 Å². The van der Waals surface area contributed by atoms with E-state index < -0.39 is 17.7 Å². The van der Waals surface area contributed by atoms with E-state index in [1.807, 2.05) is 13.8 Å². The number of amides is 1. The number of halogens is 2. The zero-order valence-corrected chi connectivity index (χ0v) is 16.8. The number of anilines is 1. The van der Waals surface area contributed by atoms with Gasteiger partial charge in [-0.25, -0.2) is 0 Å². The van der Waals surface area contributed by atoms with Crippen LogP contribution >= 0.6 is 23.2 Å². The van der Waals surface area contributed by atoms with Gasteiger partial charge in [-0.3, -0.25) is 14.5 Å². The van der Waals surface area contributed by atoms with Gasteiger partial charge < -0.3 is 10.2 Å². The summed E-state index contributed by atoms with van der Waals surface area (Å²) in [7, 11) is 0. The minimum atomic E-state index is -0.886. The molecule has 0 saturated carbocycles. The van der Waals surface area contributed by atoms with Crippen LogP contribution in [0.2, 0.25) is 10.0 Å². The third-order valence-electron chi connectivity index (χ3n) is 4.47. The second-order valence-electron chi connectivity index (χ2n) is 7.05. The zero-order chi connectivity index (χ0) is 20.6. The number of carbonyl (C=O) groups is 2. The fourth-order valence-electron chi connectivity index (χ4n) is 3.28. The first kappa shape index (κ1) is 20.2. The molecule has 5 nitrogen and oxygen atoms in total. The van der Waals surface area contributed by atoms with Gasteiger partial charge in [-0.05, 0) is 41.8 Å². The molecule has 1 amide bonds. The Bertz CT molecular complexity index is 984. The first-order chi connectivity index (χ1) is 13.2. The molecule has 0 saturated heterocycles. The molecule has 0 spiro atoms. The first-order valence-electron chi connectivity index (χ1n) is 8.74. The number of ketones is 1. The molecule has 7 heteroatoms. The predicted octanol–water partition coefficient (Wildman–Crippen LogP) is 5.21. The molecule has 2 N–H and O–H groups in total. The molecule has 146 valence electrons. The lowest BCUT2D eigenvalue weighted by atomic mass is 9.92. The Morgan fingerprint density at radius 1 is 1.11 bits per heavy atom. The monoisotopic (exact) mass is 419 g/mol. The minimum Gasteiger partial charge on any atom is -0.508 e. The maximum Gasteiger partial charge on any atom is 0.294 e. The smallest absolute Gasteiger partial charge is 0.294 e. The number of phenols is 1. The van der Waals surface area contributed by atoms with E-state index >= 15 is 0 Å². The number of aromatic hydroxyl groups is 1. The van der Waals surface area contributed by atoms with Gasteiger partial charge in [0.2, 0.25) is 0 Å². The summed E-state index contributed by atoms with van der Waals surface area (Å²) in [5.74, 6) is -1.59. The van der Waals surface area contributed by atoms with Crippen LogP contribution < -0.4 is 4.90 Å². The molecule has 0 bridgehead atoms. The molecule has 1 heterocycles. The molecular formula is C21H19Cl2NO4. The predicted molar refractivity (Wildman–Crippen MR) is 109 cm³/mol. The average Bonchev–Trinajstić information content (AvgIpc) is 2.88. The van der Waals surface area contributed by atoms with Crippen molar-refractivity contribution in [2.24, 2.45) is 5.92 Å². The second-order valence-corrected chi connectivity index (χ2v) is 7.87. The highest BCUT2D eigenvalue weighted by molar-refractivity contribution is 6.42. The molecule has 0 aromatic heterocycles. The summed E-state index contributed by atoms with van der Waals surface area (Å²) < 4.78 is 0. The van der Waals surface area contributed by atoms with Crippen molar-refractivity contribution in [1.29, 1.82) is 0 Å². The lowest BCUT2D eigenvalue weighted by molar-refractivity contribution is -0.118. The van der Waals surface area contributed by atoms with Gasteiger partial charge in [0.05, 0.1) is 21.7 Å². The van der Waals surface area contributed by atoms with Crippen LogP contribution in [0.25, 0.3) is 0 Å². The molecule has 0 aliphatic carbocycles. The number of nitrogens with zero attached hydrogens (tertiary/aromatic N) is 1. The van der Waals surface area contributed by atoms with Crippen molar-refractivity contribution in [2.45, 2.75) is 26.3 Å². The van der Waals surface area contributed by atoms with Crippen LogP contribution in [0.3, 0.4) is 0 Å². The zero-order valence-electron chi connectivity index (χ0n) is 15.3. The van der Waals surface area contributed by atoms with Crippen molar-refractivity contribution < 1.29 is 19.8 Å². The number of carbonyl (C=O) groups excluding carboxylic acids is 2. The summed E-state index contributed by atoms with van der Waals surface area (Å²) >= 11 is 12.1. The molecule has 0 radical (unpaired) electrons. The van der Waals surface area contributed by atoms with Crippen LogP contribution in [0.1, 0.15) is 31.9 Å². The number of benzene rings is 2. The molecule has 1 aliphatic rings. The Kier molecular flexibility index (Phi) is 5.68. The third kappa shape index (κ3) is 3.73. The van der Waals surface area contributed by atoms with E-state index in [0.29, 0.717) is 16.3 Å². The number of Topliss-reactive ketones (excluding diaryl/α,β-unsaturated/α-hetero) is 1. The SMILES string of the molecule is CC(C)CC(=O)C1=C(O)C(=O)N(c2ccc(Cl)c(Cl)c2)C1c1cccc(O)c1. The van der Waals surface area contributed by atoms with E-state index in [9.17, 15) is 19.8 Å². The lowest BCUT2D eigenvalue weighted by Gasteiger charge is -2.27. The number of rotatable bonds is 5. The average molecular weight is 420 g/mol. The van der Waals surface area contributed by atoms with E-state index in [2.05, 4.69) is 0 Å². The topological polar surface area (TPSA) is 77.8 Å². The number of hydrogen-bond acceptors (Lipinski definition) is 4. The normalized spacial score (nSPS) is 17.0. The van der Waals surface area contributed by atoms with Crippen LogP contribution in [-0.4, -0.2) is 21.9 Å². The summed E-state index contributed by atoms with van der Waals surface area (Å²) in [5.41, 5.74) is 0.887. The second kappa shape index (κ2) is 7.86. The van der Waals surface area contributed by atoms with Crippen molar-refractivity contribution >= 4 is 40.6 Å². The molecule has 1 atom stereocenters. The fraction of sp³-hybridized carbons (Fsp3) is 0.238. The van der Waals surface area contributed by atoms with Gasteiger partial charge in [0, 0.05) is 12.1 Å². The quantitative estimate of drug-likeness (QED) is 0.696. The van der Waals surface area contributed by atoms with Crippen molar-refractivity contribution in [1.82, 2.24) is 0 Å². The lowest BCUT2D eigenvalue weighted by Crippen LogP contribution is -2.31. The first-order valence-corrected chi connectivity index (χ1v) is 9.50. The van der Waals surface area contributed by atoms with Gasteiger partial charge in [-0.2, -0.15) is 0 Å². The summed E-state index contributed by atoms with van der Waals surface area (Å²) in [4.78, 5) is 27.1. The van der Waals surface area contributed by atoms with E-state index in [1.54, 1.807) is 18.2 Å². The molecule has 3 rings (SSSR count). The van der Waals surface area contributed by atoms with Crippen LogP contribution in [-0.2, 0) is 9.59 Å². The molecule has 0 fully saturated rings. The van der Waals surface area contributed by atoms with Gasteiger partial charge in [0.25, 0.3) is 5.91 Å². The molecule has 2 aromatic carbocycles. The van der Waals surface area contributed by atoms with Gasteiger partial charge in [-0.1, -0.05) is 49.2 Å². The van der Waals surface area contributed by atoms with E-state index in [4.69, 9.17) is 23.2 Å². The maximum absolute atomic E-state index is 12.9. The Morgan fingerprint density at radius 3 is 2.43 bits per heavy atom. The maximum atomic E-state index is 12.9.